The highest BCUT2D eigenvalue weighted by Gasteiger charge is 2.21. The molecule has 5 heteroatoms. The number of aliphatic hydroxyl groups excluding tert-OH is 1. The number of phenols is 1. The molecule has 2 rings (SSSR count). The third-order valence-corrected chi connectivity index (χ3v) is 3.62. The van der Waals surface area contributed by atoms with Crippen LogP contribution in [0.4, 0.5) is 5.69 Å². The number of piperazine rings is 1. The lowest BCUT2D eigenvalue weighted by Crippen LogP contribution is -2.48. The third-order valence-electron chi connectivity index (χ3n) is 3.62. The van der Waals surface area contributed by atoms with E-state index in [1.165, 1.54) is 0 Å². The number of amides is 1. The Morgan fingerprint density at radius 1 is 1.20 bits per heavy atom. The number of aromatic hydroxyl groups is 1. The van der Waals surface area contributed by atoms with Crippen LogP contribution in [0.5, 0.6) is 5.75 Å². The van der Waals surface area contributed by atoms with Crippen molar-refractivity contribution >= 4 is 11.6 Å². The lowest BCUT2D eigenvalue weighted by atomic mass is 10.2. The molecule has 0 saturated carbocycles. The average Bonchev–Trinajstić information content (AvgIpc) is 2.46. The fourth-order valence-corrected chi connectivity index (χ4v) is 2.37. The van der Waals surface area contributed by atoms with Crippen LogP contribution in [-0.2, 0) is 4.79 Å². The minimum atomic E-state index is -0.419. The Balaban J connectivity index is 1.83. The maximum Gasteiger partial charge on any atom is 0.222 e. The van der Waals surface area contributed by atoms with E-state index in [4.69, 9.17) is 0 Å². The van der Waals surface area contributed by atoms with Crippen molar-refractivity contribution in [3.05, 3.63) is 24.3 Å². The summed E-state index contributed by atoms with van der Waals surface area (Å²) in [5, 5.41) is 18.5. The quantitative estimate of drug-likeness (QED) is 0.868. The molecule has 0 aliphatic carbocycles. The summed E-state index contributed by atoms with van der Waals surface area (Å²) in [6.07, 6.45) is 0.519. The normalized spacial score (nSPS) is 17.1. The van der Waals surface area contributed by atoms with E-state index in [0.717, 1.165) is 18.8 Å². The van der Waals surface area contributed by atoms with E-state index in [2.05, 4.69) is 4.90 Å². The van der Waals surface area contributed by atoms with E-state index in [1.807, 2.05) is 17.0 Å². The number of phenolic OH excluding ortho intramolecular Hbond substituents is 1. The Morgan fingerprint density at radius 3 is 2.35 bits per heavy atom. The van der Waals surface area contributed by atoms with E-state index in [9.17, 15) is 15.0 Å². The minimum absolute atomic E-state index is 0.122. The van der Waals surface area contributed by atoms with E-state index in [0.29, 0.717) is 25.9 Å². The molecule has 110 valence electrons. The molecule has 1 aromatic carbocycles. The van der Waals surface area contributed by atoms with Crippen molar-refractivity contribution in [3.8, 4) is 5.75 Å². The first-order valence-electron chi connectivity index (χ1n) is 7.06. The van der Waals surface area contributed by atoms with Crippen molar-refractivity contribution in [1.82, 2.24) is 4.90 Å². The second-order valence-corrected chi connectivity index (χ2v) is 5.27. The minimum Gasteiger partial charge on any atom is -0.508 e. The van der Waals surface area contributed by atoms with Crippen LogP contribution in [0.3, 0.4) is 0 Å². The lowest BCUT2D eigenvalue weighted by Gasteiger charge is -2.36. The fourth-order valence-electron chi connectivity index (χ4n) is 2.37. The van der Waals surface area contributed by atoms with Gasteiger partial charge >= 0.3 is 0 Å². The molecule has 1 fully saturated rings. The number of benzene rings is 1. The summed E-state index contributed by atoms with van der Waals surface area (Å²) in [6.45, 7) is 4.71. The molecule has 0 aromatic heterocycles. The first kappa shape index (κ1) is 14.7. The highest BCUT2D eigenvalue weighted by Crippen LogP contribution is 2.20. The molecule has 0 radical (unpaired) electrons. The molecule has 2 N–H and O–H groups in total. The van der Waals surface area contributed by atoms with Crippen LogP contribution in [0.25, 0.3) is 0 Å². The maximum atomic E-state index is 12.0. The van der Waals surface area contributed by atoms with E-state index >= 15 is 0 Å². The van der Waals surface area contributed by atoms with Gasteiger partial charge < -0.3 is 20.0 Å². The van der Waals surface area contributed by atoms with Crippen molar-refractivity contribution in [2.24, 2.45) is 0 Å². The molecule has 1 atom stereocenters. The molecule has 20 heavy (non-hydrogen) atoms. The average molecular weight is 278 g/mol. The van der Waals surface area contributed by atoms with Crippen molar-refractivity contribution in [2.45, 2.75) is 25.9 Å². The highest BCUT2D eigenvalue weighted by molar-refractivity contribution is 5.76. The predicted molar refractivity (Wildman–Crippen MR) is 77.8 cm³/mol. The summed E-state index contributed by atoms with van der Waals surface area (Å²) in [5.74, 6) is 0.386. The number of anilines is 1. The van der Waals surface area contributed by atoms with E-state index < -0.39 is 6.10 Å². The van der Waals surface area contributed by atoms with Gasteiger partial charge in [0.05, 0.1) is 6.10 Å². The molecule has 0 spiro atoms. The number of hydrogen-bond acceptors (Lipinski definition) is 4. The Labute approximate surface area is 119 Å². The van der Waals surface area contributed by atoms with Gasteiger partial charge in [0.1, 0.15) is 5.75 Å². The maximum absolute atomic E-state index is 12.0. The van der Waals surface area contributed by atoms with E-state index in [-0.39, 0.29) is 11.7 Å². The van der Waals surface area contributed by atoms with Crippen molar-refractivity contribution in [1.29, 1.82) is 0 Å². The molecule has 1 aromatic rings. The second kappa shape index (κ2) is 6.61. The molecule has 1 aliphatic heterocycles. The van der Waals surface area contributed by atoms with Crippen LogP contribution in [0.15, 0.2) is 24.3 Å². The predicted octanol–water partition coefficient (Wildman–Crippen LogP) is 1.20. The third kappa shape index (κ3) is 3.87. The summed E-state index contributed by atoms with van der Waals surface area (Å²) >= 11 is 0. The monoisotopic (exact) mass is 278 g/mol. The Bertz CT molecular complexity index is 437. The number of carbonyl (C=O) groups is 1. The van der Waals surface area contributed by atoms with Gasteiger partial charge in [0.2, 0.25) is 5.91 Å². The van der Waals surface area contributed by atoms with Gasteiger partial charge in [0.25, 0.3) is 0 Å². The van der Waals surface area contributed by atoms with Gasteiger partial charge in [-0.05, 0) is 37.6 Å². The van der Waals surface area contributed by atoms with Gasteiger partial charge in [-0.25, -0.2) is 0 Å². The number of carbonyl (C=O) groups excluding carboxylic acids is 1. The molecule has 1 heterocycles. The first-order chi connectivity index (χ1) is 9.56. The van der Waals surface area contributed by atoms with Crippen LogP contribution in [0.1, 0.15) is 19.8 Å². The number of nitrogens with zero attached hydrogens (tertiary/aromatic N) is 2. The molecule has 5 nitrogen and oxygen atoms in total. The van der Waals surface area contributed by atoms with Gasteiger partial charge in [-0.1, -0.05) is 0 Å². The standard InChI is InChI=1S/C15H22N2O3/c1-12(18)2-7-15(20)17-10-8-16(9-11-17)13-3-5-14(19)6-4-13/h3-6,12,18-19H,2,7-11H2,1H3. The van der Waals surface area contributed by atoms with Crippen molar-refractivity contribution in [3.63, 3.8) is 0 Å². The summed E-state index contributed by atoms with van der Waals surface area (Å²) in [4.78, 5) is 16.0. The zero-order valence-corrected chi connectivity index (χ0v) is 11.8. The second-order valence-electron chi connectivity index (χ2n) is 5.27. The van der Waals surface area contributed by atoms with E-state index in [1.54, 1.807) is 19.1 Å². The molecular formula is C15H22N2O3. The smallest absolute Gasteiger partial charge is 0.222 e. The van der Waals surface area contributed by atoms with Crippen LogP contribution in [0, 0.1) is 0 Å². The molecule has 1 unspecified atom stereocenters. The largest absolute Gasteiger partial charge is 0.508 e. The van der Waals surface area contributed by atoms with Gasteiger partial charge in [0.15, 0.2) is 0 Å². The zero-order valence-electron chi connectivity index (χ0n) is 11.8. The van der Waals surface area contributed by atoms with Crippen molar-refractivity contribution < 1.29 is 15.0 Å². The molecule has 0 bridgehead atoms. The Kier molecular flexibility index (Phi) is 4.84. The summed E-state index contributed by atoms with van der Waals surface area (Å²) in [5.41, 5.74) is 1.07. The number of hydrogen-bond donors (Lipinski definition) is 2. The molecule has 1 aliphatic rings. The number of aliphatic hydroxyl groups is 1. The van der Waals surface area contributed by atoms with Gasteiger partial charge in [0, 0.05) is 38.3 Å². The van der Waals surface area contributed by atoms with Gasteiger partial charge in [-0.2, -0.15) is 0 Å². The van der Waals surface area contributed by atoms with Crippen LogP contribution < -0.4 is 4.90 Å². The molecular weight excluding hydrogens is 256 g/mol. The summed E-state index contributed by atoms with van der Waals surface area (Å²) in [6, 6.07) is 7.13. The topological polar surface area (TPSA) is 64.0 Å². The molecule has 1 saturated heterocycles. The number of rotatable bonds is 4. The highest BCUT2D eigenvalue weighted by atomic mass is 16.3. The summed E-state index contributed by atoms with van der Waals surface area (Å²) < 4.78 is 0. The lowest BCUT2D eigenvalue weighted by molar-refractivity contribution is -0.132. The zero-order chi connectivity index (χ0) is 14.5. The van der Waals surface area contributed by atoms with Crippen LogP contribution in [-0.4, -0.2) is 53.3 Å². The van der Waals surface area contributed by atoms with Gasteiger partial charge in [-0.3, -0.25) is 4.79 Å². The Hall–Kier alpha value is -1.75. The Morgan fingerprint density at radius 2 is 1.80 bits per heavy atom. The first-order valence-corrected chi connectivity index (χ1v) is 7.06. The van der Waals surface area contributed by atoms with Gasteiger partial charge in [-0.15, -0.1) is 0 Å². The SMILES string of the molecule is CC(O)CCC(=O)N1CCN(c2ccc(O)cc2)CC1. The summed E-state index contributed by atoms with van der Waals surface area (Å²) in [7, 11) is 0. The van der Waals surface area contributed by atoms with Crippen LogP contribution in [0.2, 0.25) is 0 Å². The molecule has 1 amide bonds. The van der Waals surface area contributed by atoms with Crippen molar-refractivity contribution in [2.75, 3.05) is 31.1 Å². The fraction of sp³-hybridized carbons (Fsp3) is 0.533. The van der Waals surface area contributed by atoms with Crippen LogP contribution >= 0.6 is 0 Å².